The van der Waals surface area contributed by atoms with E-state index in [1.807, 2.05) is 0 Å². The van der Waals surface area contributed by atoms with E-state index in [0.717, 1.165) is 6.42 Å². The summed E-state index contributed by atoms with van der Waals surface area (Å²) >= 11 is 0. The van der Waals surface area contributed by atoms with Gasteiger partial charge in [0.05, 0.1) is 0 Å². The van der Waals surface area contributed by atoms with Gasteiger partial charge in [-0.1, -0.05) is 73.5 Å². The summed E-state index contributed by atoms with van der Waals surface area (Å²) in [4.78, 5) is 2.77. The molecule has 2 nitrogen and oxygen atoms in total. The summed E-state index contributed by atoms with van der Waals surface area (Å²) in [6, 6.07) is 22.2. The fourth-order valence-corrected chi connectivity index (χ4v) is 7.17. The molecule has 4 aliphatic rings. The van der Waals surface area contributed by atoms with Crippen molar-refractivity contribution in [3.8, 4) is 0 Å². The number of ether oxygens (including phenoxy) is 1. The van der Waals surface area contributed by atoms with Crippen molar-refractivity contribution in [3.05, 3.63) is 88.7 Å². The number of hydrogen-bond donors (Lipinski definition) is 0. The van der Waals surface area contributed by atoms with Crippen LogP contribution in [0.1, 0.15) is 81.3 Å². The minimum absolute atomic E-state index is 0.134. The van der Waals surface area contributed by atoms with Gasteiger partial charge in [0.15, 0.2) is 5.72 Å². The molecule has 0 bridgehead atoms. The van der Waals surface area contributed by atoms with Gasteiger partial charge in [0, 0.05) is 31.3 Å². The SMILES string of the molecule is C(=C1/CCCC2=C1O[C@@]1(N3CCCCC3)CCCC[C@H]1[C@H]2c1ccccc1)/c1ccccc1. The second-order valence-electron chi connectivity index (χ2n) is 10.5. The number of rotatable bonds is 3. The van der Waals surface area contributed by atoms with Crippen molar-refractivity contribution < 1.29 is 4.74 Å². The van der Waals surface area contributed by atoms with Crippen LogP contribution >= 0.6 is 0 Å². The van der Waals surface area contributed by atoms with Gasteiger partial charge in [-0.3, -0.25) is 4.90 Å². The number of fused-ring (bicyclic) bond motifs is 1. The van der Waals surface area contributed by atoms with Gasteiger partial charge in [0.1, 0.15) is 5.76 Å². The first-order valence-electron chi connectivity index (χ1n) is 13.3. The number of nitrogens with zero attached hydrogens (tertiary/aromatic N) is 1. The van der Waals surface area contributed by atoms with Gasteiger partial charge >= 0.3 is 0 Å². The van der Waals surface area contributed by atoms with E-state index in [9.17, 15) is 0 Å². The molecule has 0 unspecified atom stereocenters. The first kappa shape index (κ1) is 21.2. The first-order valence-corrected chi connectivity index (χ1v) is 13.3. The summed E-state index contributed by atoms with van der Waals surface area (Å²) in [6.45, 7) is 2.39. The Hall–Kier alpha value is -2.32. The van der Waals surface area contributed by atoms with Gasteiger partial charge in [-0.15, -0.1) is 0 Å². The maximum atomic E-state index is 7.40. The van der Waals surface area contributed by atoms with Crippen LogP contribution in [0.5, 0.6) is 0 Å². The number of allylic oxidation sites excluding steroid dienone is 2. The fourth-order valence-electron chi connectivity index (χ4n) is 7.17. The third kappa shape index (κ3) is 3.87. The molecule has 0 amide bonds. The van der Waals surface area contributed by atoms with E-state index in [2.05, 4.69) is 71.6 Å². The molecule has 33 heavy (non-hydrogen) atoms. The smallest absolute Gasteiger partial charge is 0.167 e. The summed E-state index contributed by atoms with van der Waals surface area (Å²) in [7, 11) is 0. The quantitative estimate of drug-likeness (QED) is 0.486. The molecule has 172 valence electrons. The zero-order valence-electron chi connectivity index (χ0n) is 19.8. The van der Waals surface area contributed by atoms with Crippen molar-refractivity contribution in [1.82, 2.24) is 4.90 Å². The van der Waals surface area contributed by atoms with E-state index < -0.39 is 0 Å². The van der Waals surface area contributed by atoms with Gasteiger partial charge in [0.25, 0.3) is 0 Å². The molecule has 0 aromatic heterocycles. The van der Waals surface area contributed by atoms with Crippen LogP contribution in [-0.2, 0) is 4.74 Å². The largest absolute Gasteiger partial charge is 0.472 e. The molecular formula is C31H37NO. The van der Waals surface area contributed by atoms with Crippen molar-refractivity contribution in [1.29, 1.82) is 0 Å². The van der Waals surface area contributed by atoms with Crippen LogP contribution in [0.15, 0.2) is 77.6 Å². The number of likely N-dealkylation sites (tertiary alicyclic amines) is 1. The Morgan fingerprint density at radius 3 is 2.33 bits per heavy atom. The Bertz CT molecular complexity index is 1020. The van der Waals surface area contributed by atoms with E-state index in [-0.39, 0.29) is 5.72 Å². The summed E-state index contributed by atoms with van der Waals surface area (Å²) < 4.78 is 7.40. The minimum Gasteiger partial charge on any atom is -0.472 e. The predicted octanol–water partition coefficient (Wildman–Crippen LogP) is 7.69. The number of piperidine rings is 1. The maximum Gasteiger partial charge on any atom is 0.167 e. The van der Waals surface area contributed by atoms with E-state index in [0.29, 0.717) is 11.8 Å². The van der Waals surface area contributed by atoms with Gasteiger partial charge < -0.3 is 4.74 Å². The molecule has 0 spiro atoms. The zero-order valence-corrected chi connectivity index (χ0v) is 19.8. The second kappa shape index (κ2) is 9.14. The topological polar surface area (TPSA) is 12.5 Å². The molecule has 2 aliphatic carbocycles. The predicted molar refractivity (Wildman–Crippen MR) is 136 cm³/mol. The van der Waals surface area contributed by atoms with Crippen LogP contribution < -0.4 is 0 Å². The maximum absolute atomic E-state index is 7.40. The molecule has 2 heteroatoms. The van der Waals surface area contributed by atoms with E-state index >= 15 is 0 Å². The molecule has 0 N–H and O–H groups in total. The average molecular weight is 440 g/mol. The van der Waals surface area contributed by atoms with Crippen molar-refractivity contribution in [3.63, 3.8) is 0 Å². The lowest BCUT2D eigenvalue weighted by molar-refractivity contribution is -0.202. The van der Waals surface area contributed by atoms with Gasteiger partial charge in [-0.25, -0.2) is 0 Å². The summed E-state index contributed by atoms with van der Waals surface area (Å²) in [5.41, 5.74) is 5.66. The molecule has 2 heterocycles. The minimum atomic E-state index is -0.134. The first-order chi connectivity index (χ1) is 16.4. The summed E-state index contributed by atoms with van der Waals surface area (Å²) in [6.07, 6.45) is 15.0. The van der Waals surface area contributed by atoms with Crippen LogP contribution in [0.25, 0.3) is 6.08 Å². The molecule has 2 aromatic rings. The molecule has 1 saturated carbocycles. The Labute approximate surface area is 199 Å². The highest BCUT2D eigenvalue weighted by Gasteiger charge is 2.55. The lowest BCUT2D eigenvalue weighted by atomic mass is 9.64. The molecule has 2 fully saturated rings. The Balaban J connectivity index is 1.51. The molecule has 2 aromatic carbocycles. The highest BCUT2D eigenvalue weighted by atomic mass is 16.5. The van der Waals surface area contributed by atoms with E-state index in [4.69, 9.17) is 4.74 Å². The number of benzene rings is 2. The van der Waals surface area contributed by atoms with Crippen LogP contribution in [0.3, 0.4) is 0 Å². The molecule has 1 saturated heterocycles. The number of hydrogen-bond acceptors (Lipinski definition) is 2. The van der Waals surface area contributed by atoms with Crippen molar-refractivity contribution in [2.75, 3.05) is 13.1 Å². The fraction of sp³-hybridized carbons (Fsp3) is 0.484. The summed E-state index contributed by atoms with van der Waals surface area (Å²) in [5, 5.41) is 0. The second-order valence-corrected chi connectivity index (χ2v) is 10.5. The average Bonchev–Trinajstić information content (AvgIpc) is 2.89. The third-order valence-corrected chi connectivity index (χ3v) is 8.60. The van der Waals surface area contributed by atoms with Gasteiger partial charge in [-0.05, 0) is 73.3 Å². The van der Waals surface area contributed by atoms with Crippen molar-refractivity contribution >= 4 is 6.08 Å². The van der Waals surface area contributed by atoms with Gasteiger partial charge in [0.2, 0.25) is 0 Å². The van der Waals surface area contributed by atoms with Crippen LogP contribution in [0, 0.1) is 5.92 Å². The Kier molecular flexibility index (Phi) is 5.88. The monoisotopic (exact) mass is 439 g/mol. The highest BCUT2D eigenvalue weighted by molar-refractivity contribution is 5.60. The van der Waals surface area contributed by atoms with Gasteiger partial charge in [-0.2, -0.15) is 0 Å². The zero-order chi connectivity index (χ0) is 22.1. The van der Waals surface area contributed by atoms with E-state index in [1.54, 1.807) is 5.57 Å². The Morgan fingerprint density at radius 2 is 1.55 bits per heavy atom. The van der Waals surface area contributed by atoms with Crippen LogP contribution in [0.4, 0.5) is 0 Å². The third-order valence-electron chi connectivity index (χ3n) is 8.60. The molecule has 6 rings (SSSR count). The van der Waals surface area contributed by atoms with Crippen molar-refractivity contribution in [2.45, 2.75) is 75.9 Å². The lowest BCUT2D eigenvalue weighted by Gasteiger charge is -2.58. The lowest BCUT2D eigenvalue weighted by Crippen LogP contribution is -2.61. The molecule has 0 radical (unpaired) electrons. The Morgan fingerprint density at radius 1 is 0.788 bits per heavy atom. The van der Waals surface area contributed by atoms with Crippen LogP contribution in [0.2, 0.25) is 0 Å². The summed E-state index contributed by atoms with van der Waals surface area (Å²) in [5.74, 6) is 2.29. The normalized spacial score (nSPS) is 31.6. The van der Waals surface area contributed by atoms with E-state index in [1.165, 1.54) is 93.3 Å². The molecule has 2 aliphatic heterocycles. The standard InChI is InChI=1S/C31H37NO/c1-4-13-24(14-5-1)23-26-17-12-18-27-29(25-15-6-2-7-16-25)28-19-8-9-20-31(28,33-30(26)27)32-21-10-3-11-22-32/h1-2,4-7,13-16,23,28-29H,3,8-12,17-22H2/b26-23+/t28-,29-,31-/m0/s1. The molecule has 3 atom stereocenters. The van der Waals surface area contributed by atoms with Crippen molar-refractivity contribution in [2.24, 2.45) is 5.92 Å². The molecular weight excluding hydrogens is 402 g/mol. The van der Waals surface area contributed by atoms with Crippen LogP contribution in [-0.4, -0.2) is 23.7 Å². The highest BCUT2D eigenvalue weighted by Crippen LogP contribution is 2.57.